The van der Waals surface area contributed by atoms with E-state index < -0.39 is 0 Å². The second kappa shape index (κ2) is 7.65. The number of fused-ring (bicyclic) bond motifs is 1. The summed E-state index contributed by atoms with van der Waals surface area (Å²) in [5.41, 5.74) is 2.98. The van der Waals surface area contributed by atoms with Gasteiger partial charge < -0.3 is 4.74 Å². The molecule has 0 radical (unpaired) electrons. The molecule has 4 heteroatoms. The Balaban J connectivity index is 0.00000192. The fourth-order valence-corrected chi connectivity index (χ4v) is 6.81. The highest BCUT2D eigenvalue weighted by molar-refractivity contribution is 5.85. The van der Waals surface area contributed by atoms with Gasteiger partial charge in [0.25, 0.3) is 0 Å². The van der Waals surface area contributed by atoms with E-state index in [1.54, 1.807) is 7.11 Å². The summed E-state index contributed by atoms with van der Waals surface area (Å²) in [6.45, 7) is 4.74. The zero-order valence-electron chi connectivity index (χ0n) is 17.3. The van der Waals surface area contributed by atoms with Crippen molar-refractivity contribution in [3.05, 3.63) is 29.3 Å². The van der Waals surface area contributed by atoms with Crippen molar-refractivity contribution in [2.24, 2.45) is 17.8 Å². The maximum absolute atomic E-state index is 12.9. The Hall–Kier alpha value is -1.06. The number of hydrogen-bond acceptors (Lipinski definition) is 3. The maximum atomic E-state index is 12.9. The van der Waals surface area contributed by atoms with Gasteiger partial charge in [0.2, 0.25) is 0 Å². The summed E-state index contributed by atoms with van der Waals surface area (Å²) in [6.07, 6.45) is 9.10. The minimum atomic E-state index is 0. The number of rotatable bonds is 5. The molecule has 3 nitrogen and oxygen atoms in total. The Labute approximate surface area is 175 Å². The van der Waals surface area contributed by atoms with Crippen LogP contribution in [0.15, 0.2) is 18.2 Å². The molecule has 1 aliphatic heterocycles. The molecule has 1 heterocycles. The van der Waals surface area contributed by atoms with E-state index in [1.165, 1.54) is 49.9 Å². The van der Waals surface area contributed by atoms with Crippen LogP contribution in [-0.2, 0) is 16.6 Å². The highest BCUT2D eigenvalue weighted by Crippen LogP contribution is 2.58. The van der Waals surface area contributed by atoms with Crippen LogP contribution >= 0.6 is 12.4 Å². The molecule has 1 aromatic carbocycles. The summed E-state index contributed by atoms with van der Waals surface area (Å²) >= 11 is 0. The molecule has 0 spiro atoms. The topological polar surface area (TPSA) is 29.5 Å². The normalized spacial score (nSPS) is 34.2. The van der Waals surface area contributed by atoms with Crippen molar-refractivity contribution in [2.45, 2.75) is 69.7 Å². The average molecular weight is 404 g/mol. The van der Waals surface area contributed by atoms with Crippen molar-refractivity contribution < 1.29 is 9.53 Å². The fraction of sp³-hybridized carbons (Fsp3) is 0.708. The summed E-state index contributed by atoms with van der Waals surface area (Å²) in [6, 6.07) is 7.31. The number of halogens is 1. The lowest BCUT2D eigenvalue weighted by Gasteiger charge is -2.61. The highest BCUT2D eigenvalue weighted by atomic mass is 35.5. The Morgan fingerprint density at radius 2 is 2.07 bits per heavy atom. The van der Waals surface area contributed by atoms with E-state index in [0.29, 0.717) is 23.7 Å². The third-order valence-electron chi connectivity index (χ3n) is 8.01. The number of carbonyl (C=O) groups is 1. The number of nitrogens with zero attached hydrogens (tertiary/aromatic N) is 1. The Kier molecular flexibility index (Phi) is 5.52. The molecular weight excluding hydrogens is 370 g/mol. The largest absolute Gasteiger partial charge is 0.497 e. The van der Waals surface area contributed by atoms with Gasteiger partial charge in [-0.05, 0) is 79.7 Å². The van der Waals surface area contributed by atoms with Crippen LogP contribution in [0.2, 0.25) is 0 Å². The standard InChI is InChI=1S/C24H33NO2.ClH/c1-3-4-18-11-19(26)14-24-9-10-25(15-16-5-6-16)22(23(18)24)12-17-7-8-20(27-2)13-21(17)24;/h7-8,13,16,18,22-23H,3-6,9-12,14-15H2,1-2H3;1H/t18-,22?,23-,24?;/m0./s1. The van der Waals surface area contributed by atoms with Gasteiger partial charge in [-0.3, -0.25) is 9.69 Å². The van der Waals surface area contributed by atoms with E-state index in [2.05, 4.69) is 30.0 Å². The molecule has 1 aromatic rings. The Bertz CT molecular complexity index is 746. The highest BCUT2D eigenvalue weighted by Gasteiger charge is 2.58. The molecule has 4 aliphatic rings. The molecule has 154 valence electrons. The third kappa shape index (κ3) is 3.19. The quantitative estimate of drug-likeness (QED) is 0.707. The molecule has 4 atom stereocenters. The molecule has 3 fully saturated rings. The molecule has 0 aromatic heterocycles. The first kappa shape index (κ1) is 20.2. The fourth-order valence-electron chi connectivity index (χ4n) is 6.81. The lowest BCUT2D eigenvalue weighted by atomic mass is 9.48. The van der Waals surface area contributed by atoms with E-state index in [-0.39, 0.29) is 17.8 Å². The van der Waals surface area contributed by atoms with Crippen molar-refractivity contribution in [1.82, 2.24) is 4.90 Å². The SMILES string of the molecule is CCC[C@H]1CC(=O)CC23CCN(CC4CC4)C(Cc4ccc(OC)cc42)[C@H]13.Cl. The van der Waals surface area contributed by atoms with Gasteiger partial charge in [0, 0.05) is 30.8 Å². The van der Waals surface area contributed by atoms with Crippen LogP contribution in [0.1, 0.15) is 63.0 Å². The second-order valence-corrected chi connectivity index (χ2v) is 9.63. The molecule has 0 amide bonds. The van der Waals surface area contributed by atoms with Crippen LogP contribution in [0.3, 0.4) is 0 Å². The van der Waals surface area contributed by atoms with Gasteiger partial charge in [0.15, 0.2) is 0 Å². The molecule has 2 unspecified atom stereocenters. The van der Waals surface area contributed by atoms with Crippen molar-refractivity contribution in [1.29, 1.82) is 0 Å². The van der Waals surface area contributed by atoms with Gasteiger partial charge in [-0.2, -0.15) is 0 Å². The van der Waals surface area contributed by atoms with Crippen LogP contribution in [0.25, 0.3) is 0 Å². The summed E-state index contributed by atoms with van der Waals surface area (Å²) in [4.78, 5) is 15.7. The van der Waals surface area contributed by atoms with Gasteiger partial charge in [-0.15, -0.1) is 12.4 Å². The molecule has 2 saturated carbocycles. The van der Waals surface area contributed by atoms with Gasteiger partial charge in [-0.25, -0.2) is 0 Å². The van der Waals surface area contributed by atoms with Gasteiger partial charge >= 0.3 is 0 Å². The molecular formula is C24H34ClNO2. The van der Waals surface area contributed by atoms with Crippen LogP contribution in [0, 0.1) is 17.8 Å². The van der Waals surface area contributed by atoms with Crippen LogP contribution in [-0.4, -0.2) is 36.9 Å². The number of ether oxygens (including phenoxy) is 1. The third-order valence-corrected chi connectivity index (χ3v) is 8.01. The lowest BCUT2D eigenvalue weighted by molar-refractivity contribution is -0.132. The average Bonchev–Trinajstić information content (AvgIpc) is 3.47. The van der Waals surface area contributed by atoms with Crippen LogP contribution < -0.4 is 4.74 Å². The zero-order chi connectivity index (χ0) is 18.6. The van der Waals surface area contributed by atoms with Crippen molar-refractivity contribution in [2.75, 3.05) is 20.2 Å². The van der Waals surface area contributed by atoms with Crippen molar-refractivity contribution in [3.63, 3.8) is 0 Å². The molecule has 2 bridgehead atoms. The first-order valence-electron chi connectivity index (χ1n) is 11.1. The zero-order valence-corrected chi connectivity index (χ0v) is 18.1. The first-order valence-corrected chi connectivity index (χ1v) is 11.1. The van der Waals surface area contributed by atoms with Crippen LogP contribution in [0.5, 0.6) is 5.75 Å². The molecule has 0 N–H and O–H groups in total. The minimum absolute atomic E-state index is 0. The molecule has 5 rings (SSSR count). The smallest absolute Gasteiger partial charge is 0.134 e. The first-order chi connectivity index (χ1) is 13.1. The molecule has 1 saturated heterocycles. The lowest BCUT2D eigenvalue weighted by Crippen LogP contribution is -2.64. The number of ketones is 1. The maximum Gasteiger partial charge on any atom is 0.134 e. The number of carbonyl (C=O) groups excluding carboxylic acids is 1. The Morgan fingerprint density at radius 1 is 1.25 bits per heavy atom. The van der Waals surface area contributed by atoms with E-state index in [0.717, 1.165) is 37.4 Å². The minimum Gasteiger partial charge on any atom is -0.497 e. The number of methoxy groups -OCH3 is 1. The van der Waals surface area contributed by atoms with Gasteiger partial charge in [0.1, 0.15) is 11.5 Å². The number of hydrogen-bond donors (Lipinski definition) is 0. The predicted molar refractivity (Wildman–Crippen MR) is 114 cm³/mol. The Morgan fingerprint density at radius 3 is 2.79 bits per heavy atom. The van der Waals surface area contributed by atoms with E-state index >= 15 is 0 Å². The summed E-state index contributed by atoms with van der Waals surface area (Å²) in [5.74, 6) is 3.58. The monoisotopic (exact) mass is 403 g/mol. The summed E-state index contributed by atoms with van der Waals surface area (Å²) in [5, 5.41) is 0. The van der Waals surface area contributed by atoms with E-state index in [4.69, 9.17) is 4.74 Å². The van der Waals surface area contributed by atoms with Gasteiger partial charge in [0.05, 0.1) is 7.11 Å². The number of Topliss-reactive ketones (excluding diaryl/α,β-unsaturated/α-hetero) is 1. The molecule has 3 aliphatic carbocycles. The number of benzene rings is 1. The predicted octanol–water partition coefficient (Wildman–Crippen LogP) is 4.79. The van der Waals surface area contributed by atoms with Gasteiger partial charge in [-0.1, -0.05) is 19.4 Å². The van der Waals surface area contributed by atoms with Crippen LogP contribution in [0.4, 0.5) is 0 Å². The second-order valence-electron chi connectivity index (χ2n) is 9.63. The summed E-state index contributed by atoms with van der Waals surface area (Å²) in [7, 11) is 1.76. The van der Waals surface area contributed by atoms with E-state index in [9.17, 15) is 4.79 Å². The van der Waals surface area contributed by atoms with Crippen molar-refractivity contribution >= 4 is 18.2 Å². The number of likely N-dealkylation sites (tertiary alicyclic amines) is 1. The van der Waals surface area contributed by atoms with Crippen molar-refractivity contribution in [3.8, 4) is 5.75 Å². The summed E-state index contributed by atoms with van der Waals surface area (Å²) < 4.78 is 5.58. The molecule has 28 heavy (non-hydrogen) atoms. The van der Waals surface area contributed by atoms with E-state index in [1.807, 2.05) is 0 Å². The number of piperidine rings is 1.